The van der Waals surface area contributed by atoms with Crippen LogP contribution < -0.4 is 30.3 Å². The molecule has 1 aliphatic rings. The Morgan fingerprint density at radius 1 is 1.18 bits per heavy atom. The normalized spacial score (nSPS) is 17.9. The van der Waals surface area contributed by atoms with Crippen molar-refractivity contribution in [3.63, 3.8) is 0 Å². The minimum Gasteiger partial charge on any atom is -0.495 e. The molecule has 180 valence electrons. The lowest BCUT2D eigenvalue weighted by Crippen LogP contribution is -2.43. The number of methoxy groups -OCH3 is 2. The molecule has 1 unspecified atom stereocenters. The Morgan fingerprint density at radius 3 is 2.39 bits per heavy atom. The zero-order valence-corrected chi connectivity index (χ0v) is 20.8. The first-order chi connectivity index (χ1) is 15.8. The van der Waals surface area contributed by atoms with Crippen LogP contribution in [-0.2, 0) is 11.3 Å². The van der Waals surface area contributed by atoms with Crippen LogP contribution in [0.4, 0.5) is 17.5 Å². The number of carbonyl (C=O) groups is 1. The molecule has 33 heavy (non-hydrogen) atoms. The molecule has 1 fully saturated rings. The lowest BCUT2D eigenvalue weighted by molar-refractivity contribution is -0.107. The zero-order chi connectivity index (χ0) is 24.1. The molecule has 1 heterocycles. The summed E-state index contributed by atoms with van der Waals surface area (Å²) in [5, 5.41) is 4.03. The van der Waals surface area contributed by atoms with Gasteiger partial charge in [0.1, 0.15) is 27.4 Å². The van der Waals surface area contributed by atoms with Crippen LogP contribution in [0, 0.1) is 0 Å². The number of nitrogens with zero attached hydrogens (tertiary/aromatic N) is 4. The number of aromatic nitrogens is 2. The minimum atomic E-state index is 0.0488. The maximum absolute atomic E-state index is 11.6. The average molecular weight is 497 g/mol. The van der Waals surface area contributed by atoms with Gasteiger partial charge in [-0.15, -0.1) is 0 Å². The molecule has 2 aromatic rings. The van der Waals surface area contributed by atoms with E-state index in [-0.39, 0.29) is 12.1 Å². The zero-order valence-electron chi connectivity index (χ0n) is 19.3. The van der Waals surface area contributed by atoms with Crippen LogP contribution in [0.2, 0.25) is 10.0 Å². The van der Waals surface area contributed by atoms with Crippen LogP contribution in [0.3, 0.4) is 0 Å². The molecule has 1 saturated carbocycles. The summed E-state index contributed by atoms with van der Waals surface area (Å²) in [7, 11) is 6.51. The fraction of sp³-hybridized carbons (Fsp3) is 0.500. The smallest absolute Gasteiger partial charge is 0.224 e. The Hall–Kier alpha value is -2.49. The van der Waals surface area contributed by atoms with Crippen LogP contribution in [0.15, 0.2) is 12.3 Å². The molecule has 1 aromatic heterocycles. The van der Waals surface area contributed by atoms with Crippen molar-refractivity contribution < 1.29 is 14.3 Å². The minimum absolute atomic E-state index is 0.0488. The molecule has 3 rings (SSSR count). The highest BCUT2D eigenvalue weighted by atomic mass is 35.5. The molecule has 11 heteroatoms. The maximum atomic E-state index is 11.6. The van der Waals surface area contributed by atoms with E-state index in [4.69, 9.17) is 38.4 Å². The van der Waals surface area contributed by atoms with Crippen molar-refractivity contribution in [3.8, 4) is 11.5 Å². The Labute approximate surface area is 204 Å². The Morgan fingerprint density at radius 2 is 1.82 bits per heavy atom. The second-order valence-electron chi connectivity index (χ2n) is 8.07. The Balaban J connectivity index is 1.92. The van der Waals surface area contributed by atoms with E-state index >= 15 is 0 Å². The number of halogens is 2. The van der Waals surface area contributed by atoms with Crippen LogP contribution in [0.1, 0.15) is 31.2 Å². The second kappa shape index (κ2) is 11.1. The van der Waals surface area contributed by atoms with Gasteiger partial charge in [0.05, 0.1) is 19.9 Å². The third-order valence-electron chi connectivity index (χ3n) is 5.81. The summed E-state index contributed by atoms with van der Waals surface area (Å²) in [4.78, 5) is 23.9. The lowest BCUT2D eigenvalue weighted by atomic mass is 9.91. The van der Waals surface area contributed by atoms with Gasteiger partial charge in [0.25, 0.3) is 0 Å². The number of carbonyl (C=O) groups excluding carboxylic acids is 1. The van der Waals surface area contributed by atoms with Gasteiger partial charge in [-0.3, -0.25) is 4.79 Å². The first kappa shape index (κ1) is 25.1. The second-order valence-corrected chi connectivity index (χ2v) is 8.83. The Bertz CT molecular complexity index is 965. The summed E-state index contributed by atoms with van der Waals surface area (Å²) >= 11 is 13.1. The summed E-state index contributed by atoms with van der Waals surface area (Å²) < 4.78 is 10.7. The average Bonchev–Trinajstić information content (AvgIpc) is 2.81. The third-order valence-corrected chi connectivity index (χ3v) is 6.54. The molecule has 9 nitrogen and oxygen atoms in total. The summed E-state index contributed by atoms with van der Waals surface area (Å²) in [5.74, 6) is 1.78. The van der Waals surface area contributed by atoms with Gasteiger partial charge in [0.15, 0.2) is 0 Å². The van der Waals surface area contributed by atoms with Crippen molar-refractivity contribution in [1.29, 1.82) is 0 Å². The van der Waals surface area contributed by atoms with E-state index in [1.807, 2.05) is 11.9 Å². The topological polar surface area (TPSA) is 106 Å². The summed E-state index contributed by atoms with van der Waals surface area (Å²) in [6.07, 6.45) is 6.56. The highest BCUT2D eigenvalue weighted by Gasteiger charge is 2.24. The molecule has 0 bridgehead atoms. The van der Waals surface area contributed by atoms with E-state index < -0.39 is 0 Å². The van der Waals surface area contributed by atoms with Crippen LogP contribution in [0.5, 0.6) is 11.5 Å². The van der Waals surface area contributed by atoms with Crippen molar-refractivity contribution in [2.45, 2.75) is 44.3 Å². The number of hydrogen-bond donors (Lipinski definition) is 2. The van der Waals surface area contributed by atoms with Crippen molar-refractivity contribution in [1.82, 2.24) is 9.97 Å². The fourth-order valence-corrected chi connectivity index (χ4v) is 4.77. The van der Waals surface area contributed by atoms with Crippen molar-refractivity contribution >= 4 is 47.1 Å². The van der Waals surface area contributed by atoms with Crippen LogP contribution >= 0.6 is 23.2 Å². The quantitative estimate of drug-likeness (QED) is 0.506. The molecule has 0 saturated heterocycles. The number of benzene rings is 1. The maximum Gasteiger partial charge on any atom is 0.224 e. The summed E-state index contributed by atoms with van der Waals surface area (Å²) in [5.41, 5.74) is 7.49. The standard InChI is InChI=1S/C22H30Cl2N6O3/c1-29(20-18(23)16(32-3)9-17(33-4)19(20)24)11-13-10-26-22(28-21(13)30(2)12-31)27-15-8-6-5-7-14(15)25/h9-10,12,14-15H,5-8,11,25H2,1-4H3,(H,26,27,28)/t14?,15-/m1/s1. The highest BCUT2D eigenvalue weighted by Crippen LogP contribution is 2.46. The molecule has 0 radical (unpaired) electrons. The molecule has 1 aliphatic carbocycles. The molecular weight excluding hydrogens is 467 g/mol. The Kier molecular flexibility index (Phi) is 8.45. The fourth-order valence-electron chi connectivity index (χ4n) is 3.98. The van der Waals surface area contributed by atoms with E-state index in [2.05, 4.69) is 15.3 Å². The van der Waals surface area contributed by atoms with Crippen LogP contribution in [0.25, 0.3) is 0 Å². The molecule has 2 atom stereocenters. The number of hydrogen-bond acceptors (Lipinski definition) is 8. The van der Waals surface area contributed by atoms with Crippen molar-refractivity contribution in [2.24, 2.45) is 5.73 Å². The van der Waals surface area contributed by atoms with Gasteiger partial charge in [-0.05, 0) is 12.8 Å². The predicted molar refractivity (Wildman–Crippen MR) is 132 cm³/mol. The lowest BCUT2D eigenvalue weighted by Gasteiger charge is -2.30. The number of nitrogens with two attached hydrogens (primary N) is 1. The van der Waals surface area contributed by atoms with Crippen molar-refractivity contribution in [3.05, 3.63) is 27.9 Å². The van der Waals surface area contributed by atoms with E-state index in [1.54, 1.807) is 19.3 Å². The SMILES string of the molecule is COc1cc(OC)c(Cl)c(N(C)Cc2cnc(N[C@@H]3CCCCC3N)nc2N(C)C=O)c1Cl. The summed E-state index contributed by atoms with van der Waals surface area (Å²) in [6, 6.07) is 1.78. The summed E-state index contributed by atoms with van der Waals surface area (Å²) in [6.45, 7) is 0.326. The van der Waals surface area contributed by atoms with E-state index in [0.29, 0.717) is 57.5 Å². The molecule has 0 aliphatic heterocycles. The number of nitrogens with one attached hydrogen (secondary N) is 1. The van der Waals surface area contributed by atoms with E-state index in [0.717, 1.165) is 25.7 Å². The largest absolute Gasteiger partial charge is 0.495 e. The monoisotopic (exact) mass is 496 g/mol. The first-order valence-electron chi connectivity index (χ1n) is 10.7. The number of ether oxygens (including phenoxy) is 2. The molecular formula is C22H30Cl2N6O3. The van der Waals surface area contributed by atoms with Gasteiger partial charge in [-0.2, -0.15) is 4.98 Å². The highest BCUT2D eigenvalue weighted by molar-refractivity contribution is 6.41. The molecule has 0 spiro atoms. The van der Waals surface area contributed by atoms with Crippen LogP contribution in [-0.4, -0.2) is 56.8 Å². The number of amides is 1. The predicted octanol–water partition coefficient (Wildman–Crippen LogP) is 3.71. The van der Waals surface area contributed by atoms with Gasteiger partial charge >= 0.3 is 0 Å². The first-order valence-corrected chi connectivity index (χ1v) is 11.4. The van der Waals surface area contributed by atoms with Gasteiger partial charge < -0.3 is 30.3 Å². The molecule has 1 amide bonds. The van der Waals surface area contributed by atoms with Gasteiger partial charge in [-0.1, -0.05) is 36.0 Å². The van der Waals surface area contributed by atoms with Gasteiger partial charge in [-0.25, -0.2) is 4.98 Å². The van der Waals surface area contributed by atoms with Gasteiger partial charge in [0, 0.05) is 50.6 Å². The van der Waals surface area contributed by atoms with Gasteiger partial charge in [0.2, 0.25) is 12.4 Å². The van der Waals surface area contributed by atoms with Crippen molar-refractivity contribution in [2.75, 3.05) is 43.4 Å². The van der Waals surface area contributed by atoms with E-state index in [1.165, 1.54) is 19.1 Å². The number of anilines is 3. The van der Waals surface area contributed by atoms with E-state index in [9.17, 15) is 4.79 Å². The third kappa shape index (κ3) is 5.54. The molecule has 1 aromatic carbocycles. The number of rotatable bonds is 9. The molecule has 3 N–H and O–H groups in total.